The Hall–Kier alpha value is -6.06. The molecule has 3 nitrogen and oxygen atoms in total. The smallest absolute Gasteiger partial charge is 0.160 e. The average Bonchev–Trinajstić information content (AvgIpc) is 3.49. The largest absolute Gasteiger partial charge is 0.456 e. The fraction of sp³-hybridized carbons (Fsp3) is 0.106. The van der Waals surface area contributed by atoms with E-state index in [0.29, 0.717) is 17.7 Å². The highest BCUT2D eigenvalue weighted by Gasteiger charge is 2.57. The van der Waals surface area contributed by atoms with Gasteiger partial charge >= 0.3 is 0 Å². The summed E-state index contributed by atoms with van der Waals surface area (Å²) in [5.41, 5.74) is 12.1. The summed E-state index contributed by atoms with van der Waals surface area (Å²) in [6.45, 7) is 0. The second-order valence-electron chi connectivity index (χ2n) is 13.6. The molecule has 6 aromatic carbocycles. The van der Waals surface area contributed by atoms with E-state index in [0.717, 1.165) is 63.5 Å². The van der Waals surface area contributed by atoms with Gasteiger partial charge < -0.3 is 4.74 Å². The van der Waals surface area contributed by atoms with Crippen LogP contribution in [0.25, 0.3) is 45.0 Å². The topological polar surface area (TPSA) is 35.0 Å². The molecule has 238 valence electrons. The van der Waals surface area contributed by atoms with E-state index in [1.807, 2.05) is 12.1 Å². The van der Waals surface area contributed by atoms with Crippen LogP contribution < -0.4 is 4.74 Å². The number of benzene rings is 6. The zero-order valence-electron chi connectivity index (χ0n) is 27.5. The van der Waals surface area contributed by atoms with Gasteiger partial charge in [0, 0.05) is 39.3 Å². The van der Waals surface area contributed by atoms with Gasteiger partial charge in [0.15, 0.2) is 5.82 Å². The number of fused-ring (bicyclic) bond motifs is 9. The molecule has 50 heavy (non-hydrogen) atoms. The first-order chi connectivity index (χ1) is 24.8. The van der Waals surface area contributed by atoms with Crippen LogP contribution in [-0.2, 0) is 5.41 Å². The highest BCUT2D eigenvalue weighted by molar-refractivity contribution is 5.81. The van der Waals surface area contributed by atoms with Crippen molar-refractivity contribution in [2.24, 2.45) is 5.92 Å². The number of rotatable bonds is 4. The van der Waals surface area contributed by atoms with Gasteiger partial charge in [0.2, 0.25) is 0 Å². The standard InChI is InChI=1S/C47H34N2O/c1-3-15-31(16-4-1)42-30-43(32-17-5-2-6-18-32)49-46(48-42)34-20-13-19-33(29-34)35-23-14-27-41-45(35)50-44-28-12-11-26-40(44)47(41)38-24-9-7-21-36(38)37-22-8-10-25-39(37)47/h1-9,11-24,26-30,37,39H,10,25H2. The summed E-state index contributed by atoms with van der Waals surface area (Å²) in [4.78, 5) is 10.3. The molecule has 3 atom stereocenters. The Morgan fingerprint density at radius 1 is 0.540 bits per heavy atom. The molecule has 2 aliphatic carbocycles. The van der Waals surface area contributed by atoms with Crippen molar-refractivity contribution < 1.29 is 4.74 Å². The molecule has 0 radical (unpaired) electrons. The fourth-order valence-corrected chi connectivity index (χ4v) is 8.91. The van der Waals surface area contributed by atoms with E-state index in [4.69, 9.17) is 14.7 Å². The lowest BCUT2D eigenvalue weighted by Crippen LogP contribution is -2.38. The van der Waals surface area contributed by atoms with Crippen molar-refractivity contribution in [2.45, 2.75) is 24.2 Å². The second kappa shape index (κ2) is 11.5. The van der Waals surface area contributed by atoms with Gasteiger partial charge in [0.05, 0.1) is 16.8 Å². The van der Waals surface area contributed by atoms with Gasteiger partial charge in [-0.3, -0.25) is 0 Å². The molecule has 3 unspecified atom stereocenters. The molecule has 0 saturated carbocycles. The van der Waals surface area contributed by atoms with Crippen LogP contribution in [0, 0.1) is 5.92 Å². The molecule has 1 spiro atoms. The zero-order valence-corrected chi connectivity index (χ0v) is 27.5. The maximum atomic E-state index is 6.99. The Morgan fingerprint density at radius 3 is 1.94 bits per heavy atom. The van der Waals surface area contributed by atoms with Crippen LogP contribution in [0.15, 0.2) is 170 Å². The molecular formula is C47H34N2O. The zero-order chi connectivity index (χ0) is 33.1. The molecule has 0 fully saturated rings. The molecule has 0 N–H and O–H groups in total. The number of ether oxygens (including phenoxy) is 1. The molecule has 1 aliphatic heterocycles. The molecule has 3 heteroatoms. The number of hydrogen-bond acceptors (Lipinski definition) is 3. The first-order valence-corrected chi connectivity index (χ1v) is 17.6. The van der Waals surface area contributed by atoms with Gasteiger partial charge in [-0.25, -0.2) is 9.97 Å². The average molecular weight is 643 g/mol. The van der Waals surface area contributed by atoms with Crippen LogP contribution in [0.2, 0.25) is 0 Å². The van der Waals surface area contributed by atoms with Crippen LogP contribution >= 0.6 is 0 Å². The lowest BCUT2D eigenvalue weighted by atomic mass is 9.60. The van der Waals surface area contributed by atoms with Crippen LogP contribution in [0.4, 0.5) is 0 Å². The van der Waals surface area contributed by atoms with Crippen molar-refractivity contribution >= 4 is 0 Å². The van der Waals surface area contributed by atoms with Crippen LogP contribution in [0.3, 0.4) is 0 Å². The summed E-state index contributed by atoms with van der Waals surface area (Å²) < 4.78 is 6.99. The van der Waals surface area contributed by atoms with E-state index in [1.165, 1.54) is 22.3 Å². The van der Waals surface area contributed by atoms with Crippen molar-refractivity contribution in [3.05, 3.63) is 192 Å². The van der Waals surface area contributed by atoms with E-state index < -0.39 is 0 Å². The van der Waals surface area contributed by atoms with Crippen LogP contribution in [-0.4, -0.2) is 9.97 Å². The molecule has 0 saturated heterocycles. The summed E-state index contributed by atoms with van der Waals surface area (Å²) in [5, 5.41) is 0. The second-order valence-corrected chi connectivity index (χ2v) is 13.6. The number of aromatic nitrogens is 2. The van der Waals surface area contributed by atoms with Gasteiger partial charge in [-0.1, -0.05) is 152 Å². The van der Waals surface area contributed by atoms with Crippen molar-refractivity contribution in [1.29, 1.82) is 0 Å². The fourth-order valence-electron chi connectivity index (χ4n) is 8.91. The molecule has 3 aliphatic rings. The third-order valence-electron chi connectivity index (χ3n) is 11.0. The quantitative estimate of drug-likeness (QED) is 0.179. The maximum Gasteiger partial charge on any atom is 0.160 e. The molecule has 2 heterocycles. The Balaban J connectivity index is 1.16. The van der Waals surface area contributed by atoms with E-state index in [1.54, 1.807) is 0 Å². The minimum Gasteiger partial charge on any atom is -0.456 e. The summed E-state index contributed by atoms with van der Waals surface area (Å²) in [5.74, 6) is 3.36. The van der Waals surface area contributed by atoms with E-state index in [2.05, 4.69) is 158 Å². The predicted molar refractivity (Wildman–Crippen MR) is 201 cm³/mol. The summed E-state index contributed by atoms with van der Waals surface area (Å²) >= 11 is 0. The molecule has 0 bridgehead atoms. The van der Waals surface area contributed by atoms with Gasteiger partial charge in [0.25, 0.3) is 0 Å². The number of hydrogen-bond donors (Lipinski definition) is 0. The van der Waals surface area contributed by atoms with E-state index in [-0.39, 0.29) is 5.41 Å². The summed E-state index contributed by atoms with van der Waals surface area (Å²) in [7, 11) is 0. The summed E-state index contributed by atoms with van der Waals surface area (Å²) in [6.07, 6.45) is 7.05. The SMILES string of the molecule is C1=CC2c3ccccc3C3(c4ccccc4Oc4c(-c5cccc(-c6nc(-c7ccccc7)cc(-c7ccccc7)n6)c5)cccc43)C2CC1. The van der Waals surface area contributed by atoms with Crippen molar-refractivity contribution in [1.82, 2.24) is 9.97 Å². The van der Waals surface area contributed by atoms with Crippen LogP contribution in [0.5, 0.6) is 11.5 Å². The molecule has 1 aromatic heterocycles. The third-order valence-corrected chi connectivity index (χ3v) is 11.0. The number of allylic oxidation sites excluding steroid dienone is 2. The Bertz CT molecular complexity index is 2380. The van der Waals surface area contributed by atoms with Crippen molar-refractivity contribution in [2.75, 3.05) is 0 Å². The van der Waals surface area contributed by atoms with Crippen LogP contribution in [0.1, 0.15) is 41.0 Å². The van der Waals surface area contributed by atoms with Gasteiger partial charge in [-0.05, 0) is 53.6 Å². The van der Waals surface area contributed by atoms with E-state index >= 15 is 0 Å². The first-order valence-electron chi connectivity index (χ1n) is 17.6. The van der Waals surface area contributed by atoms with E-state index in [9.17, 15) is 0 Å². The Morgan fingerprint density at radius 2 is 1.16 bits per heavy atom. The van der Waals surface area contributed by atoms with Gasteiger partial charge in [-0.15, -0.1) is 0 Å². The monoisotopic (exact) mass is 642 g/mol. The Labute approximate surface area is 292 Å². The molecule has 7 aromatic rings. The summed E-state index contributed by atoms with van der Waals surface area (Å²) in [6, 6.07) is 56.0. The maximum absolute atomic E-state index is 6.99. The number of nitrogens with zero attached hydrogens (tertiary/aromatic N) is 2. The Kier molecular flexibility index (Phi) is 6.67. The highest BCUT2D eigenvalue weighted by Crippen LogP contribution is 2.66. The highest BCUT2D eigenvalue weighted by atomic mass is 16.5. The van der Waals surface area contributed by atoms with Crippen molar-refractivity contribution in [3.8, 4) is 56.5 Å². The lowest BCUT2D eigenvalue weighted by Gasteiger charge is -2.44. The third kappa shape index (κ3) is 4.36. The minimum atomic E-state index is -0.304. The van der Waals surface area contributed by atoms with Gasteiger partial charge in [0.1, 0.15) is 11.5 Å². The molecule has 10 rings (SSSR count). The first kappa shape index (κ1) is 28.9. The molecular weight excluding hydrogens is 609 g/mol. The minimum absolute atomic E-state index is 0.304. The predicted octanol–water partition coefficient (Wildman–Crippen LogP) is 11.6. The normalized spacial score (nSPS) is 19.6. The van der Waals surface area contributed by atoms with Crippen molar-refractivity contribution in [3.63, 3.8) is 0 Å². The molecule has 0 amide bonds. The number of para-hydroxylation sites is 2. The van der Waals surface area contributed by atoms with Gasteiger partial charge in [-0.2, -0.15) is 0 Å². The lowest BCUT2D eigenvalue weighted by molar-refractivity contribution is 0.312.